The van der Waals surface area contributed by atoms with Crippen molar-refractivity contribution in [3.05, 3.63) is 132 Å². The van der Waals surface area contributed by atoms with Crippen LogP contribution in [0, 0.1) is 5.41 Å². The Bertz CT molecular complexity index is 1730. The molecule has 4 aromatic carbocycles. The minimum Gasteiger partial charge on any atom is -0.466 e. The van der Waals surface area contributed by atoms with Crippen LogP contribution in [0.3, 0.4) is 0 Å². The molecule has 5 atom stereocenters. The molecule has 1 N–H and O–H groups in total. The molecular formula is C48H64O8Si. The number of hydrogen-bond acceptors (Lipinski definition) is 8. The molecule has 1 fully saturated rings. The van der Waals surface area contributed by atoms with Crippen molar-refractivity contribution in [2.75, 3.05) is 20.3 Å². The highest BCUT2D eigenvalue weighted by molar-refractivity contribution is 6.99. The zero-order valence-electron chi connectivity index (χ0n) is 35.0. The first-order chi connectivity index (χ1) is 27.3. The topological polar surface area (TPSA) is 92.7 Å². The van der Waals surface area contributed by atoms with Crippen LogP contribution in [-0.4, -0.2) is 69.9 Å². The fraction of sp³-hybridized carbons (Fsp3) is 0.479. The number of carbonyl (C=O) groups is 1. The predicted octanol–water partition coefficient (Wildman–Crippen LogP) is 8.38. The zero-order valence-corrected chi connectivity index (χ0v) is 36.0. The smallest absolute Gasteiger partial charge is 0.308 e. The van der Waals surface area contributed by atoms with Crippen LogP contribution in [0.1, 0.15) is 84.8 Å². The number of ether oxygens (including phenoxy) is 5. The number of carbonyl (C=O) groups excluding carboxylic acids is 1. The van der Waals surface area contributed by atoms with Crippen LogP contribution in [0.5, 0.6) is 0 Å². The second-order valence-electron chi connectivity index (χ2n) is 16.8. The van der Waals surface area contributed by atoms with Gasteiger partial charge in [0, 0.05) is 32.0 Å². The lowest BCUT2D eigenvalue weighted by Crippen LogP contribution is -2.68. The molecule has 0 radical (unpaired) electrons. The van der Waals surface area contributed by atoms with E-state index in [-0.39, 0.29) is 42.8 Å². The summed E-state index contributed by atoms with van der Waals surface area (Å²) in [5.74, 6) is -1.76. The Balaban J connectivity index is 1.52. The summed E-state index contributed by atoms with van der Waals surface area (Å²) >= 11 is 0. The van der Waals surface area contributed by atoms with Gasteiger partial charge in [-0.2, -0.15) is 0 Å². The van der Waals surface area contributed by atoms with Crippen molar-refractivity contribution < 1.29 is 38.0 Å². The fourth-order valence-corrected chi connectivity index (χ4v) is 13.1. The van der Waals surface area contributed by atoms with Gasteiger partial charge in [0.1, 0.15) is 0 Å². The van der Waals surface area contributed by atoms with E-state index in [4.69, 9.17) is 28.1 Å². The maximum atomic E-state index is 12.5. The minimum atomic E-state index is -2.99. The van der Waals surface area contributed by atoms with Crippen LogP contribution in [0.15, 0.2) is 121 Å². The molecule has 0 spiro atoms. The average molecular weight is 797 g/mol. The maximum Gasteiger partial charge on any atom is 0.308 e. The SMILES string of the molecule is CCOC(=O)C[C@H](O)C[C@]1(OC)O[C@H](C[C@H](CCOCc2ccccc2)O[Si](c2ccccc2)(c2ccccc2)C(C)(C)C)C[C@H](OCc2ccccc2)C1(C)C. The molecule has 1 heterocycles. The highest BCUT2D eigenvalue weighted by Crippen LogP contribution is 2.50. The van der Waals surface area contributed by atoms with Crippen LogP contribution >= 0.6 is 0 Å². The van der Waals surface area contributed by atoms with Crippen molar-refractivity contribution in [2.45, 2.75) is 122 Å². The van der Waals surface area contributed by atoms with E-state index in [2.05, 4.69) is 120 Å². The van der Waals surface area contributed by atoms with Gasteiger partial charge in [0.25, 0.3) is 8.32 Å². The van der Waals surface area contributed by atoms with E-state index < -0.39 is 31.6 Å². The summed E-state index contributed by atoms with van der Waals surface area (Å²) in [7, 11) is -1.37. The molecule has 5 rings (SSSR count). The van der Waals surface area contributed by atoms with Crippen molar-refractivity contribution >= 4 is 24.7 Å². The first-order valence-corrected chi connectivity index (χ1v) is 22.4. The molecule has 8 nitrogen and oxygen atoms in total. The molecule has 0 aromatic heterocycles. The first kappa shape index (κ1) is 44.4. The van der Waals surface area contributed by atoms with Gasteiger partial charge in [-0.25, -0.2) is 0 Å². The number of esters is 1. The molecule has 0 unspecified atom stereocenters. The second kappa shape index (κ2) is 20.3. The van der Waals surface area contributed by atoms with Crippen LogP contribution in [-0.2, 0) is 46.1 Å². The Morgan fingerprint density at radius 3 is 1.88 bits per heavy atom. The predicted molar refractivity (Wildman–Crippen MR) is 228 cm³/mol. The van der Waals surface area contributed by atoms with Crippen LogP contribution < -0.4 is 10.4 Å². The van der Waals surface area contributed by atoms with Crippen LogP contribution in [0.4, 0.5) is 0 Å². The fourth-order valence-electron chi connectivity index (χ4n) is 8.38. The van der Waals surface area contributed by atoms with Gasteiger partial charge in [-0.15, -0.1) is 0 Å². The number of hydrogen-bond donors (Lipinski definition) is 1. The van der Waals surface area contributed by atoms with Crippen molar-refractivity contribution in [1.82, 2.24) is 0 Å². The monoisotopic (exact) mass is 796 g/mol. The lowest BCUT2D eigenvalue weighted by molar-refractivity contribution is -0.361. The molecule has 57 heavy (non-hydrogen) atoms. The Hall–Kier alpha value is -3.67. The molecule has 0 bridgehead atoms. The third kappa shape index (κ3) is 11.1. The maximum absolute atomic E-state index is 12.5. The van der Waals surface area contributed by atoms with E-state index in [1.807, 2.05) is 36.4 Å². The van der Waals surface area contributed by atoms with Gasteiger partial charge >= 0.3 is 5.97 Å². The van der Waals surface area contributed by atoms with E-state index in [0.29, 0.717) is 39.1 Å². The molecule has 308 valence electrons. The Morgan fingerprint density at radius 1 is 0.842 bits per heavy atom. The van der Waals surface area contributed by atoms with Crippen molar-refractivity contribution in [3.63, 3.8) is 0 Å². The lowest BCUT2D eigenvalue weighted by atomic mass is 9.70. The highest BCUT2D eigenvalue weighted by Gasteiger charge is 2.58. The van der Waals surface area contributed by atoms with Crippen LogP contribution in [0.25, 0.3) is 0 Å². The van der Waals surface area contributed by atoms with Gasteiger partial charge in [0.05, 0.1) is 50.7 Å². The van der Waals surface area contributed by atoms with Gasteiger partial charge in [0.2, 0.25) is 0 Å². The highest BCUT2D eigenvalue weighted by atomic mass is 28.4. The number of aliphatic hydroxyl groups excluding tert-OH is 1. The van der Waals surface area contributed by atoms with E-state index in [1.165, 1.54) is 10.4 Å². The third-order valence-corrected chi connectivity index (χ3v) is 16.5. The van der Waals surface area contributed by atoms with E-state index in [1.54, 1.807) is 14.0 Å². The summed E-state index contributed by atoms with van der Waals surface area (Å²) in [6, 6.07) is 41.7. The van der Waals surface area contributed by atoms with Gasteiger partial charge in [-0.3, -0.25) is 4.79 Å². The molecule has 0 aliphatic carbocycles. The molecule has 0 saturated carbocycles. The Labute approximate surface area is 341 Å². The molecular weight excluding hydrogens is 733 g/mol. The zero-order chi connectivity index (χ0) is 40.9. The van der Waals surface area contributed by atoms with Crippen molar-refractivity contribution in [2.24, 2.45) is 5.41 Å². The number of methoxy groups -OCH3 is 1. The van der Waals surface area contributed by atoms with E-state index in [9.17, 15) is 9.90 Å². The summed E-state index contributed by atoms with van der Waals surface area (Å²) in [6.07, 6.45) is -0.445. The average Bonchev–Trinajstić information content (AvgIpc) is 3.20. The summed E-state index contributed by atoms with van der Waals surface area (Å²) < 4.78 is 39.6. The largest absolute Gasteiger partial charge is 0.466 e. The Morgan fingerprint density at radius 2 is 1.37 bits per heavy atom. The Kier molecular flexibility index (Phi) is 15.9. The van der Waals surface area contributed by atoms with Crippen molar-refractivity contribution in [3.8, 4) is 0 Å². The van der Waals surface area contributed by atoms with Gasteiger partial charge in [0.15, 0.2) is 5.79 Å². The number of aliphatic hydroxyl groups is 1. The number of benzene rings is 4. The summed E-state index contributed by atoms with van der Waals surface area (Å²) in [5, 5.41) is 13.5. The lowest BCUT2D eigenvalue weighted by Gasteiger charge is -2.55. The molecule has 0 amide bonds. The van der Waals surface area contributed by atoms with Gasteiger partial charge < -0.3 is 33.2 Å². The quantitative estimate of drug-likeness (QED) is 0.0542. The van der Waals surface area contributed by atoms with E-state index in [0.717, 1.165) is 11.1 Å². The number of rotatable bonds is 20. The van der Waals surface area contributed by atoms with Gasteiger partial charge in [-0.05, 0) is 46.3 Å². The molecule has 4 aromatic rings. The third-order valence-electron chi connectivity index (χ3n) is 11.4. The summed E-state index contributed by atoms with van der Waals surface area (Å²) in [5.41, 5.74) is 1.45. The summed E-state index contributed by atoms with van der Waals surface area (Å²) in [4.78, 5) is 12.5. The molecule has 1 saturated heterocycles. The molecule has 9 heteroatoms. The van der Waals surface area contributed by atoms with Crippen LogP contribution in [0.2, 0.25) is 5.04 Å². The summed E-state index contributed by atoms with van der Waals surface area (Å²) in [6.45, 7) is 14.4. The normalized spacial score (nSPS) is 20.8. The van der Waals surface area contributed by atoms with Crippen molar-refractivity contribution in [1.29, 1.82) is 0 Å². The molecule has 1 aliphatic heterocycles. The first-order valence-electron chi connectivity index (χ1n) is 20.5. The van der Waals surface area contributed by atoms with E-state index >= 15 is 0 Å². The van der Waals surface area contributed by atoms with Gasteiger partial charge in [-0.1, -0.05) is 156 Å². The molecule has 1 aliphatic rings. The standard InChI is InChI=1S/C48H64O8Si/c1-8-53-45(50)31-39(49)34-48(51-7)47(5,6)44(54-36-38-23-15-10-16-24-38)33-41(55-48)32-40(29-30-52-35-37-21-13-9-14-22-37)56-57(46(2,3)4,42-25-17-11-18-26-42)43-27-19-12-20-28-43/h9-28,39-41,44,49H,8,29-36H2,1-7H3/t39-,40-,41+,44-,48-/m0/s1. The second-order valence-corrected chi connectivity index (χ2v) is 21.0. The minimum absolute atomic E-state index is 0.0530.